The number of rotatable bonds is 13. The van der Waals surface area contributed by atoms with Gasteiger partial charge in [-0.15, -0.1) is 0 Å². The number of hydrogen-bond acceptors (Lipinski definition) is 3. The van der Waals surface area contributed by atoms with Gasteiger partial charge in [-0.1, -0.05) is 13.3 Å². The Kier molecular flexibility index (Phi) is 8.85. The molecule has 0 spiro atoms. The summed E-state index contributed by atoms with van der Waals surface area (Å²) >= 11 is 0. The highest BCUT2D eigenvalue weighted by Gasteiger charge is 2.34. The predicted molar refractivity (Wildman–Crippen MR) is 106 cm³/mol. The SMILES string of the molecule is CCCCN(Cc1cccn1C)C(=O)CN(CCCOCC)C(=O)C1CC1. The maximum absolute atomic E-state index is 13.0. The van der Waals surface area contributed by atoms with Crippen LogP contribution in [0, 0.1) is 5.92 Å². The van der Waals surface area contributed by atoms with Gasteiger partial charge in [-0.2, -0.15) is 0 Å². The third kappa shape index (κ3) is 7.01. The van der Waals surface area contributed by atoms with Gasteiger partial charge in [0.15, 0.2) is 0 Å². The lowest BCUT2D eigenvalue weighted by atomic mass is 10.2. The molecule has 0 unspecified atom stereocenters. The van der Waals surface area contributed by atoms with Gasteiger partial charge in [-0.25, -0.2) is 0 Å². The van der Waals surface area contributed by atoms with Gasteiger partial charge < -0.3 is 19.1 Å². The second-order valence-electron chi connectivity index (χ2n) is 7.36. The zero-order chi connectivity index (χ0) is 19.6. The molecule has 152 valence electrons. The topological polar surface area (TPSA) is 54.8 Å². The molecule has 1 aromatic rings. The van der Waals surface area contributed by atoms with Crippen molar-refractivity contribution in [2.45, 2.75) is 52.5 Å². The first-order chi connectivity index (χ1) is 13.1. The monoisotopic (exact) mass is 377 g/mol. The van der Waals surface area contributed by atoms with E-state index in [2.05, 4.69) is 6.92 Å². The van der Waals surface area contributed by atoms with Crippen LogP contribution < -0.4 is 0 Å². The minimum absolute atomic E-state index is 0.0371. The molecular weight excluding hydrogens is 342 g/mol. The van der Waals surface area contributed by atoms with Gasteiger partial charge in [0, 0.05) is 51.2 Å². The van der Waals surface area contributed by atoms with Crippen LogP contribution in [0.25, 0.3) is 0 Å². The third-order valence-corrected chi connectivity index (χ3v) is 5.02. The number of unbranched alkanes of at least 4 members (excludes halogenated alkanes) is 1. The van der Waals surface area contributed by atoms with E-state index in [1.807, 2.05) is 41.8 Å². The number of amides is 2. The molecule has 0 bridgehead atoms. The van der Waals surface area contributed by atoms with Crippen LogP contribution in [-0.4, -0.2) is 59.0 Å². The fraction of sp³-hybridized carbons (Fsp3) is 0.714. The molecular formula is C21H35N3O3. The number of hydrogen-bond donors (Lipinski definition) is 0. The molecule has 2 amide bonds. The molecule has 2 rings (SSSR count). The second-order valence-corrected chi connectivity index (χ2v) is 7.36. The van der Waals surface area contributed by atoms with Crippen LogP contribution in [0.5, 0.6) is 0 Å². The first-order valence-electron chi connectivity index (χ1n) is 10.3. The summed E-state index contributed by atoms with van der Waals surface area (Å²) in [5, 5.41) is 0. The first kappa shape index (κ1) is 21.5. The molecule has 1 aromatic heterocycles. The van der Waals surface area contributed by atoms with E-state index >= 15 is 0 Å². The van der Waals surface area contributed by atoms with E-state index < -0.39 is 0 Å². The van der Waals surface area contributed by atoms with Crippen LogP contribution in [0.4, 0.5) is 0 Å². The minimum Gasteiger partial charge on any atom is -0.382 e. The average molecular weight is 378 g/mol. The van der Waals surface area contributed by atoms with Gasteiger partial charge in [-0.3, -0.25) is 9.59 Å². The van der Waals surface area contributed by atoms with Crippen LogP contribution >= 0.6 is 0 Å². The van der Waals surface area contributed by atoms with Crippen molar-refractivity contribution >= 4 is 11.8 Å². The largest absolute Gasteiger partial charge is 0.382 e. The molecule has 1 aliphatic carbocycles. The van der Waals surface area contributed by atoms with Gasteiger partial charge in [0.2, 0.25) is 11.8 Å². The van der Waals surface area contributed by atoms with Crippen molar-refractivity contribution in [3.8, 4) is 0 Å². The summed E-state index contributed by atoms with van der Waals surface area (Å²) in [6, 6.07) is 4.04. The molecule has 0 atom stereocenters. The van der Waals surface area contributed by atoms with E-state index in [0.717, 1.165) is 44.3 Å². The van der Waals surface area contributed by atoms with E-state index in [-0.39, 0.29) is 24.3 Å². The molecule has 0 saturated heterocycles. The van der Waals surface area contributed by atoms with Gasteiger partial charge in [0.05, 0.1) is 13.1 Å². The Morgan fingerprint density at radius 1 is 1.19 bits per heavy atom. The molecule has 1 aliphatic rings. The Morgan fingerprint density at radius 3 is 2.52 bits per heavy atom. The zero-order valence-corrected chi connectivity index (χ0v) is 17.2. The molecule has 0 aliphatic heterocycles. The highest BCUT2D eigenvalue weighted by atomic mass is 16.5. The first-order valence-corrected chi connectivity index (χ1v) is 10.3. The summed E-state index contributed by atoms with van der Waals surface area (Å²) in [6.45, 7) is 7.48. The van der Waals surface area contributed by atoms with Crippen LogP contribution in [0.15, 0.2) is 18.3 Å². The number of aromatic nitrogens is 1. The standard InChI is InChI=1S/C21H35N3O3/c1-4-6-13-23(16-19-9-7-12-22(19)3)20(25)17-24(14-8-15-27-5-2)21(26)18-10-11-18/h7,9,12,18H,4-6,8,10-11,13-17H2,1-3H3. The second kappa shape index (κ2) is 11.1. The van der Waals surface area contributed by atoms with Crippen LogP contribution in [0.1, 0.15) is 51.6 Å². The Balaban J connectivity index is 1.98. The fourth-order valence-corrected chi connectivity index (χ4v) is 3.12. The van der Waals surface area contributed by atoms with Gasteiger partial charge >= 0.3 is 0 Å². The molecule has 1 fully saturated rings. The lowest BCUT2D eigenvalue weighted by Crippen LogP contribution is -2.44. The van der Waals surface area contributed by atoms with Crippen LogP contribution in [0.3, 0.4) is 0 Å². The molecule has 0 radical (unpaired) electrons. The van der Waals surface area contributed by atoms with Crippen molar-refractivity contribution in [3.05, 3.63) is 24.0 Å². The molecule has 6 heteroatoms. The summed E-state index contributed by atoms with van der Waals surface area (Å²) in [7, 11) is 1.99. The molecule has 1 saturated carbocycles. The predicted octanol–water partition coefficient (Wildman–Crippen LogP) is 2.82. The van der Waals surface area contributed by atoms with E-state index in [0.29, 0.717) is 26.3 Å². The van der Waals surface area contributed by atoms with Crippen molar-refractivity contribution in [1.29, 1.82) is 0 Å². The van der Waals surface area contributed by atoms with Crippen molar-refractivity contribution in [2.75, 3.05) is 32.8 Å². The van der Waals surface area contributed by atoms with Crippen molar-refractivity contribution < 1.29 is 14.3 Å². The van der Waals surface area contributed by atoms with E-state index in [1.165, 1.54) is 0 Å². The highest BCUT2D eigenvalue weighted by molar-refractivity contribution is 5.87. The average Bonchev–Trinajstić information content (AvgIpc) is 3.43. The number of aryl methyl sites for hydroxylation is 1. The summed E-state index contributed by atoms with van der Waals surface area (Å²) in [5.41, 5.74) is 1.11. The van der Waals surface area contributed by atoms with E-state index in [4.69, 9.17) is 4.74 Å². The summed E-state index contributed by atoms with van der Waals surface area (Å²) in [6.07, 6.45) is 6.68. The summed E-state index contributed by atoms with van der Waals surface area (Å²) in [5.74, 6) is 0.297. The number of carbonyl (C=O) groups excluding carboxylic acids is 2. The zero-order valence-electron chi connectivity index (χ0n) is 17.2. The maximum Gasteiger partial charge on any atom is 0.242 e. The Labute approximate surface area is 163 Å². The quantitative estimate of drug-likeness (QED) is 0.497. The Hall–Kier alpha value is -1.82. The number of carbonyl (C=O) groups is 2. The summed E-state index contributed by atoms with van der Waals surface area (Å²) in [4.78, 5) is 29.3. The maximum atomic E-state index is 13.0. The Bertz CT molecular complexity index is 595. The van der Waals surface area contributed by atoms with Gasteiger partial charge in [0.25, 0.3) is 0 Å². The number of nitrogens with zero attached hydrogens (tertiary/aromatic N) is 3. The fourth-order valence-electron chi connectivity index (χ4n) is 3.12. The van der Waals surface area contributed by atoms with Crippen LogP contribution in [0.2, 0.25) is 0 Å². The van der Waals surface area contributed by atoms with Gasteiger partial charge in [0.1, 0.15) is 0 Å². The summed E-state index contributed by atoms with van der Waals surface area (Å²) < 4.78 is 7.44. The minimum atomic E-state index is 0.0371. The van der Waals surface area contributed by atoms with Crippen molar-refractivity contribution in [2.24, 2.45) is 13.0 Å². The third-order valence-electron chi connectivity index (χ3n) is 5.02. The van der Waals surface area contributed by atoms with E-state index in [1.54, 1.807) is 4.90 Å². The molecule has 6 nitrogen and oxygen atoms in total. The van der Waals surface area contributed by atoms with E-state index in [9.17, 15) is 9.59 Å². The van der Waals surface area contributed by atoms with Gasteiger partial charge in [-0.05, 0) is 44.7 Å². The normalized spacial score (nSPS) is 13.6. The molecule has 1 heterocycles. The molecule has 27 heavy (non-hydrogen) atoms. The molecule has 0 aromatic carbocycles. The van der Waals surface area contributed by atoms with Crippen molar-refractivity contribution in [3.63, 3.8) is 0 Å². The lowest BCUT2D eigenvalue weighted by molar-refractivity contribution is -0.141. The van der Waals surface area contributed by atoms with Crippen LogP contribution in [-0.2, 0) is 27.9 Å². The smallest absolute Gasteiger partial charge is 0.242 e. The highest BCUT2D eigenvalue weighted by Crippen LogP contribution is 2.31. The Morgan fingerprint density at radius 2 is 1.93 bits per heavy atom. The molecule has 0 N–H and O–H groups in total. The lowest BCUT2D eigenvalue weighted by Gasteiger charge is -2.28. The number of ether oxygens (including phenoxy) is 1. The van der Waals surface area contributed by atoms with Crippen molar-refractivity contribution in [1.82, 2.24) is 14.4 Å².